The van der Waals surface area contributed by atoms with Crippen molar-refractivity contribution in [2.24, 2.45) is 0 Å². The second kappa shape index (κ2) is 2.24. The van der Waals surface area contributed by atoms with Crippen LogP contribution in [0.4, 0.5) is 0 Å². The molecule has 0 saturated heterocycles. The van der Waals surface area contributed by atoms with Gasteiger partial charge in [-0.2, -0.15) is 8.42 Å². The molecule has 0 heterocycles. The molecule has 0 radical (unpaired) electrons. The number of hydrogen-bond acceptors (Lipinski definition) is 3. The van der Waals surface area contributed by atoms with Crippen molar-refractivity contribution in [1.29, 1.82) is 0 Å². The van der Waals surface area contributed by atoms with E-state index >= 15 is 0 Å². The minimum absolute atomic E-state index is 1.22. The molecule has 1 N–H and O–H groups in total. The molecule has 0 rings (SSSR count). The Labute approximate surface area is 54.6 Å². The summed E-state index contributed by atoms with van der Waals surface area (Å²) < 4.78 is 33.5. The number of ether oxygens (including phenoxy) is 1. The Bertz CT molecular complexity index is 179. The molecule has 0 fully saturated rings. The normalized spacial score (nSPS) is 13.8. The van der Waals surface area contributed by atoms with E-state index in [1.165, 1.54) is 21.0 Å². The second-order valence-electron chi connectivity index (χ2n) is 2.08. The van der Waals surface area contributed by atoms with Gasteiger partial charge in [0.1, 0.15) is 0 Å². The van der Waals surface area contributed by atoms with E-state index in [-0.39, 0.29) is 0 Å². The van der Waals surface area contributed by atoms with E-state index < -0.39 is 15.1 Å². The average Bonchev–Trinajstić information content (AvgIpc) is 1.64. The Balaban J connectivity index is 4.56. The summed E-state index contributed by atoms with van der Waals surface area (Å²) in [5, 5.41) is 0. The maximum Gasteiger partial charge on any atom is 0.294 e. The van der Waals surface area contributed by atoms with Crippen molar-refractivity contribution in [3.8, 4) is 0 Å². The highest BCUT2D eigenvalue weighted by molar-refractivity contribution is 7.87. The first-order valence-electron chi connectivity index (χ1n) is 2.33. The molecule has 0 spiro atoms. The molecule has 0 aromatic carbocycles. The molecule has 0 aliphatic carbocycles. The summed E-state index contributed by atoms with van der Waals surface area (Å²) in [7, 11) is -2.86. The molecule has 0 aliphatic rings. The standard InChI is InChI=1S/C4H10O4S/c1-4(2,8-3)9(5,6)7/h1-3H3,(H,5,6,7). The molecule has 0 aliphatic heterocycles. The molecular formula is C4H10O4S. The van der Waals surface area contributed by atoms with Crippen molar-refractivity contribution in [3.63, 3.8) is 0 Å². The quantitative estimate of drug-likeness (QED) is 0.579. The molecule has 56 valence electrons. The van der Waals surface area contributed by atoms with Crippen molar-refractivity contribution < 1.29 is 17.7 Å². The summed E-state index contributed by atoms with van der Waals surface area (Å²) in [5.74, 6) is 0. The summed E-state index contributed by atoms with van der Waals surface area (Å²) in [4.78, 5) is -1.49. The molecule has 0 bridgehead atoms. The monoisotopic (exact) mass is 154 g/mol. The van der Waals surface area contributed by atoms with Crippen LogP contribution in [0.25, 0.3) is 0 Å². The van der Waals surface area contributed by atoms with Gasteiger partial charge in [-0.05, 0) is 13.8 Å². The highest BCUT2D eigenvalue weighted by Gasteiger charge is 2.31. The molecule has 4 nitrogen and oxygen atoms in total. The minimum Gasteiger partial charge on any atom is -0.360 e. The lowest BCUT2D eigenvalue weighted by molar-refractivity contribution is 0.0849. The Morgan fingerprint density at radius 1 is 1.44 bits per heavy atom. The van der Waals surface area contributed by atoms with E-state index in [1.807, 2.05) is 0 Å². The number of methoxy groups -OCH3 is 1. The van der Waals surface area contributed by atoms with Gasteiger partial charge in [-0.1, -0.05) is 0 Å². The van der Waals surface area contributed by atoms with E-state index in [0.717, 1.165) is 0 Å². The molecule has 0 aromatic rings. The average molecular weight is 154 g/mol. The van der Waals surface area contributed by atoms with E-state index in [2.05, 4.69) is 4.74 Å². The lowest BCUT2D eigenvalue weighted by atomic mass is 10.5. The largest absolute Gasteiger partial charge is 0.360 e. The summed E-state index contributed by atoms with van der Waals surface area (Å²) in [5.41, 5.74) is 0. The van der Waals surface area contributed by atoms with Gasteiger partial charge in [-0.15, -0.1) is 0 Å². The maximum atomic E-state index is 10.3. The van der Waals surface area contributed by atoms with Gasteiger partial charge in [0.05, 0.1) is 0 Å². The van der Waals surface area contributed by atoms with Crippen LogP contribution >= 0.6 is 0 Å². The van der Waals surface area contributed by atoms with Gasteiger partial charge in [0.25, 0.3) is 10.1 Å². The van der Waals surface area contributed by atoms with Crippen LogP contribution in [0.1, 0.15) is 13.8 Å². The van der Waals surface area contributed by atoms with Crippen molar-refractivity contribution in [1.82, 2.24) is 0 Å². The van der Waals surface area contributed by atoms with Gasteiger partial charge >= 0.3 is 0 Å². The lowest BCUT2D eigenvalue weighted by Gasteiger charge is -2.17. The van der Waals surface area contributed by atoms with Crippen LogP contribution in [0.2, 0.25) is 0 Å². The van der Waals surface area contributed by atoms with E-state index in [1.54, 1.807) is 0 Å². The van der Waals surface area contributed by atoms with Gasteiger partial charge in [0.2, 0.25) is 0 Å². The van der Waals surface area contributed by atoms with Crippen molar-refractivity contribution >= 4 is 10.1 Å². The minimum atomic E-state index is -4.07. The zero-order chi connectivity index (χ0) is 7.71. The van der Waals surface area contributed by atoms with E-state index in [0.29, 0.717) is 0 Å². The Kier molecular flexibility index (Phi) is 2.21. The summed E-state index contributed by atoms with van der Waals surface area (Å²) in [6.07, 6.45) is 0. The van der Waals surface area contributed by atoms with E-state index in [4.69, 9.17) is 4.55 Å². The van der Waals surface area contributed by atoms with E-state index in [9.17, 15) is 8.42 Å². The second-order valence-corrected chi connectivity index (χ2v) is 4.01. The van der Waals surface area contributed by atoms with Gasteiger partial charge in [-0.25, -0.2) is 0 Å². The van der Waals surface area contributed by atoms with Crippen molar-refractivity contribution in [2.75, 3.05) is 7.11 Å². The topological polar surface area (TPSA) is 63.6 Å². The molecule has 0 atom stereocenters. The molecule has 0 amide bonds. The third-order valence-electron chi connectivity index (χ3n) is 1.11. The Morgan fingerprint density at radius 2 is 1.78 bits per heavy atom. The van der Waals surface area contributed by atoms with Crippen LogP contribution in [0.3, 0.4) is 0 Å². The smallest absolute Gasteiger partial charge is 0.294 e. The lowest BCUT2D eigenvalue weighted by Crippen LogP contribution is -2.32. The van der Waals surface area contributed by atoms with Crippen LogP contribution in [-0.4, -0.2) is 25.0 Å². The first-order valence-corrected chi connectivity index (χ1v) is 3.77. The van der Waals surface area contributed by atoms with Crippen LogP contribution in [0.5, 0.6) is 0 Å². The molecule has 0 unspecified atom stereocenters. The summed E-state index contributed by atoms with van der Waals surface area (Å²) in [6, 6.07) is 0. The highest BCUT2D eigenvalue weighted by Crippen LogP contribution is 2.13. The third-order valence-corrected chi connectivity index (χ3v) is 2.52. The summed E-state index contributed by atoms with van der Waals surface area (Å²) >= 11 is 0. The van der Waals surface area contributed by atoms with Gasteiger partial charge in [-0.3, -0.25) is 4.55 Å². The number of rotatable bonds is 2. The van der Waals surface area contributed by atoms with Crippen molar-refractivity contribution in [3.05, 3.63) is 0 Å². The first kappa shape index (κ1) is 8.87. The van der Waals surface area contributed by atoms with Gasteiger partial charge in [0.15, 0.2) is 4.93 Å². The number of hydrogen-bond donors (Lipinski definition) is 1. The molecule has 5 heteroatoms. The fourth-order valence-corrected chi connectivity index (χ4v) is 0.316. The molecular weight excluding hydrogens is 144 g/mol. The van der Waals surface area contributed by atoms with Gasteiger partial charge in [0, 0.05) is 7.11 Å². The van der Waals surface area contributed by atoms with Crippen LogP contribution in [0, 0.1) is 0 Å². The Hall–Kier alpha value is -0.130. The fraction of sp³-hybridized carbons (Fsp3) is 1.00. The van der Waals surface area contributed by atoms with Crippen molar-refractivity contribution in [2.45, 2.75) is 18.8 Å². The van der Waals surface area contributed by atoms with Gasteiger partial charge < -0.3 is 4.74 Å². The third kappa shape index (κ3) is 1.92. The van der Waals surface area contributed by atoms with Crippen LogP contribution in [0.15, 0.2) is 0 Å². The first-order chi connectivity index (χ1) is 3.81. The zero-order valence-corrected chi connectivity index (χ0v) is 6.40. The van der Waals surface area contributed by atoms with Crippen LogP contribution in [-0.2, 0) is 14.9 Å². The summed E-state index contributed by atoms with van der Waals surface area (Å²) in [6.45, 7) is 2.53. The predicted octanol–water partition coefficient (Wildman–Crippen LogP) is 0.257. The SMILES string of the molecule is COC(C)(C)S(=O)(=O)O. The molecule has 0 aromatic heterocycles. The zero-order valence-electron chi connectivity index (χ0n) is 5.58. The Morgan fingerprint density at radius 3 is 1.78 bits per heavy atom. The highest BCUT2D eigenvalue weighted by atomic mass is 32.2. The molecule has 9 heavy (non-hydrogen) atoms. The fourth-order valence-electron chi connectivity index (χ4n) is 0.105. The maximum absolute atomic E-state index is 10.3. The molecule has 0 saturated carbocycles. The predicted molar refractivity (Wildman–Crippen MR) is 32.6 cm³/mol. The van der Waals surface area contributed by atoms with Crippen LogP contribution < -0.4 is 0 Å².